The van der Waals surface area contributed by atoms with E-state index in [9.17, 15) is 0 Å². The molecule has 0 spiro atoms. The number of unbranched alkanes of at least 4 members (excludes halogenated alkanes) is 4. The molecular formula is C14H21. The summed E-state index contributed by atoms with van der Waals surface area (Å²) in [5.74, 6) is 0. The summed E-state index contributed by atoms with van der Waals surface area (Å²) >= 11 is 0. The monoisotopic (exact) mass is 189 g/mol. The molecule has 77 valence electrons. The zero-order valence-corrected chi connectivity index (χ0v) is 9.47. The van der Waals surface area contributed by atoms with Gasteiger partial charge in [-0.2, -0.15) is 0 Å². The molecule has 14 heavy (non-hydrogen) atoms. The summed E-state index contributed by atoms with van der Waals surface area (Å²) in [6.07, 6.45) is 8.07. The van der Waals surface area contributed by atoms with Crippen LogP contribution in [0.4, 0.5) is 0 Å². The van der Waals surface area contributed by atoms with Gasteiger partial charge in [0.2, 0.25) is 0 Å². The number of aryl methyl sites for hydroxylation is 2. The minimum atomic E-state index is 1.24. The third kappa shape index (κ3) is 4.45. The Hall–Kier alpha value is -0.780. The maximum Gasteiger partial charge on any atom is -0.0152 e. The molecule has 1 aromatic carbocycles. The van der Waals surface area contributed by atoms with Crippen LogP contribution in [0.1, 0.15) is 50.2 Å². The summed E-state index contributed by atoms with van der Waals surface area (Å²) in [7, 11) is 0. The van der Waals surface area contributed by atoms with E-state index in [0.29, 0.717) is 0 Å². The average Bonchev–Trinajstić information content (AvgIpc) is 2.18. The van der Waals surface area contributed by atoms with Crippen molar-refractivity contribution >= 4 is 0 Å². The minimum Gasteiger partial charge on any atom is -0.0654 e. The number of hydrogen-bond donors (Lipinski definition) is 0. The first kappa shape index (κ1) is 11.3. The lowest BCUT2D eigenvalue weighted by atomic mass is 10.0. The molecule has 0 amide bonds. The Labute approximate surface area is 88.4 Å². The molecule has 0 saturated carbocycles. The van der Waals surface area contributed by atoms with Crippen LogP contribution in [0.5, 0.6) is 0 Å². The summed E-state index contributed by atoms with van der Waals surface area (Å²) in [4.78, 5) is 0. The fourth-order valence-electron chi connectivity index (χ4n) is 1.74. The first-order valence-corrected chi connectivity index (χ1v) is 5.80. The van der Waals surface area contributed by atoms with Crippen LogP contribution in [0.15, 0.2) is 18.2 Å². The average molecular weight is 189 g/mol. The van der Waals surface area contributed by atoms with E-state index in [1.165, 1.54) is 49.7 Å². The lowest BCUT2D eigenvalue weighted by molar-refractivity contribution is 0.632. The lowest BCUT2D eigenvalue weighted by Gasteiger charge is -2.02. The van der Waals surface area contributed by atoms with Gasteiger partial charge in [0.25, 0.3) is 0 Å². The van der Waals surface area contributed by atoms with Gasteiger partial charge in [0.05, 0.1) is 0 Å². The van der Waals surface area contributed by atoms with Crippen LogP contribution < -0.4 is 0 Å². The number of benzene rings is 1. The van der Waals surface area contributed by atoms with Crippen molar-refractivity contribution in [1.82, 2.24) is 0 Å². The topological polar surface area (TPSA) is 0 Å². The molecule has 0 saturated heterocycles. The van der Waals surface area contributed by atoms with Crippen LogP contribution in [-0.4, -0.2) is 0 Å². The summed E-state index contributed by atoms with van der Waals surface area (Å²) in [6, 6.07) is 9.66. The zero-order valence-electron chi connectivity index (χ0n) is 9.47. The van der Waals surface area contributed by atoms with E-state index in [1.54, 1.807) is 0 Å². The molecular weight excluding hydrogens is 168 g/mol. The standard InChI is InChI=1S/C14H21/c1-3-4-5-6-7-10-14-11-8-9-13(2)12-14/h8,11-12H,3-7,10H2,1-2H3. The predicted octanol–water partition coefficient (Wildman–Crippen LogP) is 4.31. The Bertz CT molecular complexity index is 250. The van der Waals surface area contributed by atoms with E-state index in [2.05, 4.69) is 32.0 Å². The number of hydrogen-bond acceptors (Lipinski definition) is 0. The molecule has 0 aromatic heterocycles. The van der Waals surface area contributed by atoms with Crippen LogP contribution in [-0.2, 0) is 6.42 Å². The Balaban J connectivity index is 2.18. The molecule has 0 bridgehead atoms. The highest BCUT2D eigenvalue weighted by molar-refractivity contribution is 5.21. The van der Waals surface area contributed by atoms with Crippen LogP contribution in [0.25, 0.3) is 0 Å². The van der Waals surface area contributed by atoms with Gasteiger partial charge in [-0.1, -0.05) is 50.8 Å². The van der Waals surface area contributed by atoms with Gasteiger partial charge in [0, 0.05) is 0 Å². The molecule has 0 fully saturated rings. The van der Waals surface area contributed by atoms with Crippen LogP contribution in [0, 0.1) is 13.0 Å². The fraction of sp³-hybridized carbons (Fsp3) is 0.571. The molecule has 0 heterocycles. The highest BCUT2D eigenvalue weighted by Gasteiger charge is 1.93. The van der Waals surface area contributed by atoms with E-state index >= 15 is 0 Å². The molecule has 0 aliphatic carbocycles. The van der Waals surface area contributed by atoms with Gasteiger partial charge in [-0.05, 0) is 37.0 Å². The van der Waals surface area contributed by atoms with E-state index in [-0.39, 0.29) is 0 Å². The van der Waals surface area contributed by atoms with Crippen molar-refractivity contribution in [1.29, 1.82) is 0 Å². The normalized spacial score (nSPS) is 10.4. The van der Waals surface area contributed by atoms with Crippen molar-refractivity contribution in [3.8, 4) is 0 Å². The summed E-state index contributed by atoms with van der Waals surface area (Å²) in [5.41, 5.74) is 2.73. The molecule has 1 rings (SSSR count). The molecule has 0 heteroatoms. The highest BCUT2D eigenvalue weighted by atomic mass is 14.0. The van der Waals surface area contributed by atoms with E-state index in [4.69, 9.17) is 0 Å². The second-order valence-corrected chi connectivity index (χ2v) is 4.04. The summed E-state index contributed by atoms with van der Waals surface area (Å²) in [5, 5.41) is 0. The van der Waals surface area contributed by atoms with Gasteiger partial charge < -0.3 is 0 Å². The third-order valence-corrected chi connectivity index (χ3v) is 2.58. The smallest absolute Gasteiger partial charge is 0.0152 e. The summed E-state index contributed by atoms with van der Waals surface area (Å²) < 4.78 is 0. The van der Waals surface area contributed by atoms with E-state index in [0.717, 1.165) is 0 Å². The summed E-state index contributed by atoms with van der Waals surface area (Å²) in [6.45, 7) is 4.37. The van der Waals surface area contributed by atoms with Gasteiger partial charge in [-0.3, -0.25) is 0 Å². The molecule has 0 aliphatic heterocycles. The fourth-order valence-corrected chi connectivity index (χ4v) is 1.74. The lowest BCUT2D eigenvalue weighted by Crippen LogP contribution is -1.86. The Morgan fingerprint density at radius 2 is 1.93 bits per heavy atom. The molecule has 0 N–H and O–H groups in total. The van der Waals surface area contributed by atoms with Crippen molar-refractivity contribution in [3.05, 3.63) is 35.4 Å². The molecule has 0 unspecified atom stereocenters. The largest absolute Gasteiger partial charge is 0.0654 e. The second kappa shape index (κ2) is 6.64. The Morgan fingerprint density at radius 1 is 1.14 bits per heavy atom. The van der Waals surface area contributed by atoms with Gasteiger partial charge in [0.1, 0.15) is 0 Å². The molecule has 0 aliphatic rings. The third-order valence-electron chi connectivity index (χ3n) is 2.58. The van der Waals surface area contributed by atoms with Crippen molar-refractivity contribution < 1.29 is 0 Å². The van der Waals surface area contributed by atoms with Crippen molar-refractivity contribution in [2.24, 2.45) is 0 Å². The quantitative estimate of drug-likeness (QED) is 0.585. The molecule has 0 nitrogen and oxygen atoms in total. The van der Waals surface area contributed by atoms with Crippen LogP contribution >= 0.6 is 0 Å². The SMILES string of the molecule is CCCCCCCc1cc[c]c(C)c1. The van der Waals surface area contributed by atoms with Gasteiger partial charge in [0.15, 0.2) is 0 Å². The minimum absolute atomic E-state index is 1.24. The van der Waals surface area contributed by atoms with Gasteiger partial charge in [-0.15, -0.1) is 0 Å². The highest BCUT2D eigenvalue weighted by Crippen LogP contribution is 2.09. The molecule has 1 aromatic rings. The first-order chi connectivity index (χ1) is 6.83. The van der Waals surface area contributed by atoms with Crippen LogP contribution in [0.3, 0.4) is 0 Å². The van der Waals surface area contributed by atoms with E-state index in [1.807, 2.05) is 6.07 Å². The van der Waals surface area contributed by atoms with E-state index < -0.39 is 0 Å². The number of rotatable bonds is 6. The van der Waals surface area contributed by atoms with Crippen molar-refractivity contribution in [3.63, 3.8) is 0 Å². The predicted molar refractivity (Wildman–Crippen MR) is 62.5 cm³/mol. The van der Waals surface area contributed by atoms with Gasteiger partial charge >= 0.3 is 0 Å². The zero-order chi connectivity index (χ0) is 10.2. The Kier molecular flexibility index (Phi) is 5.36. The molecule has 1 radical (unpaired) electrons. The first-order valence-electron chi connectivity index (χ1n) is 5.80. The maximum absolute atomic E-state index is 3.18. The molecule has 0 atom stereocenters. The van der Waals surface area contributed by atoms with Crippen molar-refractivity contribution in [2.45, 2.75) is 52.4 Å². The second-order valence-electron chi connectivity index (χ2n) is 4.04. The van der Waals surface area contributed by atoms with Gasteiger partial charge in [-0.25, -0.2) is 0 Å². The maximum atomic E-state index is 3.18. The van der Waals surface area contributed by atoms with Crippen LogP contribution in [0.2, 0.25) is 0 Å². The van der Waals surface area contributed by atoms with Crippen molar-refractivity contribution in [2.75, 3.05) is 0 Å². The Morgan fingerprint density at radius 3 is 2.64 bits per heavy atom.